The normalized spacial score (nSPS) is 13.7. The predicted molar refractivity (Wildman–Crippen MR) is 102 cm³/mol. The van der Waals surface area contributed by atoms with Gasteiger partial charge >= 0.3 is 0 Å². The van der Waals surface area contributed by atoms with Gasteiger partial charge in [0.25, 0.3) is 0 Å². The van der Waals surface area contributed by atoms with Crippen LogP contribution < -0.4 is 19.9 Å². The van der Waals surface area contributed by atoms with Crippen LogP contribution in [0.15, 0.2) is 30.3 Å². The molecule has 1 aromatic heterocycles. The Bertz CT molecular complexity index is 760. The fourth-order valence-corrected chi connectivity index (χ4v) is 2.58. The van der Waals surface area contributed by atoms with Crippen LogP contribution in [0.3, 0.4) is 0 Å². The van der Waals surface area contributed by atoms with Gasteiger partial charge in [-0.2, -0.15) is 20.2 Å². The van der Waals surface area contributed by atoms with E-state index in [1.54, 1.807) is 0 Å². The van der Waals surface area contributed by atoms with Crippen LogP contribution in [0, 0.1) is 11.5 Å². The zero-order valence-electron chi connectivity index (χ0n) is 15.3. The third-order valence-corrected chi connectivity index (χ3v) is 3.93. The van der Waals surface area contributed by atoms with E-state index in [1.165, 1.54) is 4.90 Å². The number of para-hydroxylation sites is 1. The van der Waals surface area contributed by atoms with Gasteiger partial charge in [0.15, 0.2) is 6.19 Å². The average molecular weight is 369 g/mol. The van der Waals surface area contributed by atoms with Gasteiger partial charge in [0, 0.05) is 19.6 Å². The van der Waals surface area contributed by atoms with Gasteiger partial charge in [0.1, 0.15) is 12.4 Å². The number of nitrogens with zero attached hydrogens (tertiary/aromatic N) is 6. The number of nitriles is 1. The Hall–Kier alpha value is -3.12. The molecule has 0 bridgehead atoms. The number of ether oxygens (including phenoxy) is 2. The van der Waals surface area contributed by atoms with Crippen LogP contribution in [-0.4, -0.2) is 61.0 Å². The van der Waals surface area contributed by atoms with E-state index in [0.717, 1.165) is 5.75 Å². The quantitative estimate of drug-likeness (QED) is 0.548. The monoisotopic (exact) mass is 369 g/mol. The zero-order valence-corrected chi connectivity index (χ0v) is 15.3. The number of morpholine rings is 1. The van der Waals surface area contributed by atoms with Gasteiger partial charge in [-0.15, -0.1) is 0 Å². The second kappa shape index (κ2) is 9.54. The first-order chi connectivity index (χ1) is 13.3. The molecule has 1 aliphatic rings. The molecule has 2 heterocycles. The molecule has 0 aliphatic carbocycles. The van der Waals surface area contributed by atoms with E-state index in [0.29, 0.717) is 63.8 Å². The minimum Gasteiger partial charge on any atom is -0.492 e. The average Bonchev–Trinajstić information content (AvgIpc) is 2.73. The molecule has 3 rings (SSSR count). The van der Waals surface area contributed by atoms with Crippen molar-refractivity contribution in [2.45, 2.75) is 6.92 Å². The van der Waals surface area contributed by atoms with Gasteiger partial charge in [-0.3, -0.25) is 0 Å². The van der Waals surface area contributed by atoms with E-state index in [1.807, 2.05) is 42.2 Å². The number of aromatic nitrogens is 3. The van der Waals surface area contributed by atoms with Crippen molar-refractivity contribution in [3.63, 3.8) is 0 Å². The summed E-state index contributed by atoms with van der Waals surface area (Å²) in [6, 6.07) is 9.48. The Morgan fingerprint density at radius 1 is 1.22 bits per heavy atom. The molecule has 0 radical (unpaired) electrons. The van der Waals surface area contributed by atoms with Crippen LogP contribution in [-0.2, 0) is 4.74 Å². The number of anilines is 3. The fraction of sp³-hybridized carbons (Fsp3) is 0.444. The van der Waals surface area contributed by atoms with Crippen LogP contribution in [0.1, 0.15) is 6.92 Å². The van der Waals surface area contributed by atoms with Gasteiger partial charge in [0.2, 0.25) is 17.8 Å². The fourth-order valence-electron chi connectivity index (χ4n) is 2.58. The van der Waals surface area contributed by atoms with E-state index < -0.39 is 0 Å². The largest absolute Gasteiger partial charge is 0.492 e. The summed E-state index contributed by atoms with van der Waals surface area (Å²) < 4.78 is 11.1. The summed E-state index contributed by atoms with van der Waals surface area (Å²) >= 11 is 0. The Morgan fingerprint density at radius 3 is 2.70 bits per heavy atom. The first-order valence-electron chi connectivity index (χ1n) is 8.98. The highest BCUT2D eigenvalue weighted by Crippen LogP contribution is 2.17. The Morgan fingerprint density at radius 2 is 2.00 bits per heavy atom. The maximum Gasteiger partial charge on any atom is 0.245 e. The summed E-state index contributed by atoms with van der Waals surface area (Å²) in [7, 11) is 0. The lowest BCUT2D eigenvalue weighted by atomic mass is 10.3. The lowest BCUT2D eigenvalue weighted by Crippen LogP contribution is -2.38. The Kier molecular flexibility index (Phi) is 6.60. The molecular formula is C18H23N7O2. The van der Waals surface area contributed by atoms with Crippen molar-refractivity contribution in [1.29, 1.82) is 5.26 Å². The molecule has 27 heavy (non-hydrogen) atoms. The summed E-state index contributed by atoms with van der Waals surface area (Å²) in [5, 5.41) is 12.7. The number of benzene rings is 1. The molecule has 9 heteroatoms. The summed E-state index contributed by atoms with van der Waals surface area (Å²) in [5.74, 6) is 2.06. The van der Waals surface area contributed by atoms with Gasteiger partial charge in [-0.05, 0) is 19.1 Å². The molecule has 0 atom stereocenters. The van der Waals surface area contributed by atoms with Crippen molar-refractivity contribution < 1.29 is 9.47 Å². The van der Waals surface area contributed by atoms with Crippen molar-refractivity contribution in [3.05, 3.63) is 30.3 Å². The molecule has 1 N–H and O–H groups in total. The van der Waals surface area contributed by atoms with E-state index >= 15 is 0 Å². The van der Waals surface area contributed by atoms with Crippen molar-refractivity contribution >= 4 is 17.8 Å². The zero-order chi connectivity index (χ0) is 18.9. The SMILES string of the molecule is CCNc1nc(N(C#N)CCOc2ccccc2)nc(N2CCOCC2)n1. The molecular weight excluding hydrogens is 346 g/mol. The van der Waals surface area contributed by atoms with Crippen LogP contribution in [0.5, 0.6) is 5.75 Å². The molecule has 2 aromatic rings. The van der Waals surface area contributed by atoms with Crippen LogP contribution in [0.4, 0.5) is 17.8 Å². The minimum atomic E-state index is 0.307. The highest BCUT2D eigenvalue weighted by molar-refractivity contribution is 5.47. The number of nitrogens with one attached hydrogen (secondary N) is 1. The summed E-state index contributed by atoms with van der Waals surface area (Å²) in [4.78, 5) is 16.8. The standard InChI is InChI=1S/C18H23N7O2/c1-2-20-16-21-17(24-8-11-26-12-9-24)23-18(22-16)25(14-19)10-13-27-15-6-4-3-5-7-15/h3-7H,2,8-13H2,1H3,(H,20,21,22,23). The molecule has 142 valence electrons. The van der Waals surface area contributed by atoms with Crippen LogP contribution >= 0.6 is 0 Å². The smallest absolute Gasteiger partial charge is 0.245 e. The van der Waals surface area contributed by atoms with Crippen molar-refractivity contribution in [2.24, 2.45) is 0 Å². The lowest BCUT2D eigenvalue weighted by Gasteiger charge is -2.27. The molecule has 0 amide bonds. The minimum absolute atomic E-state index is 0.307. The molecule has 1 aliphatic heterocycles. The first kappa shape index (κ1) is 18.7. The molecule has 0 spiro atoms. The summed E-state index contributed by atoms with van der Waals surface area (Å²) in [6.45, 7) is 5.99. The van der Waals surface area contributed by atoms with E-state index in [2.05, 4.69) is 26.5 Å². The first-order valence-corrected chi connectivity index (χ1v) is 8.98. The predicted octanol–water partition coefficient (Wildman–Crippen LogP) is 1.51. The third kappa shape index (κ3) is 5.18. The Labute approximate surface area is 158 Å². The molecule has 0 saturated carbocycles. The van der Waals surface area contributed by atoms with E-state index in [9.17, 15) is 5.26 Å². The van der Waals surface area contributed by atoms with E-state index in [-0.39, 0.29) is 0 Å². The van der Waals surface area contributed by atoms with Gasteiger partial charge in [-0.1, -0.05) is 18.2 Å². The molecule has 1 aromatic carbocycles. The van der Waals surface area contributed by atoms with Crippen molar-refractivity contribution in [2.75, 3.05) is 61.1 Å². The van der Waals surface area contributed by atoms with Crippen LogP contribution in [0.2, 0.25) is 0 Å². The second-order valence-corrected chi connectivity index (χ2v) is 5.80. The van der Waals surface area contributed by atoms with Crippen molar-refractivity contribution in [3.8, 4) is 11.9 Å². The topological polar surface area (TPSA) is 99.4 Å². The summed E-state index contributed by atoms with van der Waals surface area (Å²) in [6.07, 6.45) is 2.13. The molecule has 9 nitrogen and oxygen atoms in total. The summed E-state index contributed by atoms with van der Waals surface area (Å²) in [5.41, 5.74) is 0. The molecule has 0 unspecified atom stereocenters. The highest BCUT2D eigenvalue weighted by Gasteiger charge is 2.19. The maximum absolute atomic E-state index is 9.56. The Balaban J connectivity index is 1.73. The number of hydrogen-bond donors (Lipinski definition) is 1. The van der Waals surface area contributed by atoms with Gasteiger partial charge < -0.3 is 19.7 Å². The molecule has 1 saturated heterocycles. The van der Waals surface area contributed by atoms with Gasteiger partial charge in [0.05, 0.1) is 19.8 Å². The third-order valence-electron chi connectivity index (χ3n) is 3.93. The highest BCUT2D eigenvalue weighted by atomic mass is 16.5. The van der Waals surface area contributed by atoms with Crippen LogP contribution in [0.25, 0.3) is 0 Å². The molecule has 1 fully saturated rings. The van der Waals surface area contributed by atoms with Crippen molar-refractivity contribution in [1.82, 2.24) is 15.0 Å². The number of rotatable bonds is 8. The maximum atomic E-state index is 9.56. The number of hydrogen-bond acceptors (Lipinski definition) is 9. The lowest BCUT2D eigenvalue weighted by molar-refractivity contribution is 0.122. The second-order valence-electron chi connectivity index (χ2n) is 5.80. The van der Waals surface area contributed by atoms with E-state index in [4.69, 9.17) is 9.47 Å². The van der Waals surface area contributed by atoms with Gasteiger partial charge in [-0.25, -0.2) is 4.90 Å².